The molecule has 0 radical (unpaired) electrons. The number of aliphatic imine (C=N–C) groups is 1. The van der Waals surface area contributed by atoms with Gasteiger partial charge in [0.1, 0.15) is 5.75 Å². The Kier molecular flexibility index (Phi) is 6.98. The van der Waals surface area contributed by atoms with Gasteiger partial charge in [-0.2, -0.15) is 0 Å². The second-order valence-corrected chi connectivity index (χ2v) is 5.86. The maximum absolute atomic E-state index is 12.1. The molecule has 2 rings (SSSR count). The quantitative estimate of drug-likeness (QED) is 0.282. The van der Waals surface area contributed by atoms with Crippen molar-refractivity contribution in [3.05, 3.63) is 77.5 Å². The summed E-state index contributed by atoms with van der Waals surface area (Å²) in [7, 11) is 0. The molecule has 0 aromatic heterocycles. The zero-order valence-corrected chi connectivity index (χ0v) is 14.8. The molecule has 2 N–H and O–H groups in total. The lowest BCUT2D eigenvalue weighted by Gasteiger charge is -2.02. The summed E-state index contributed by atoms with van der Waals surface area (Å²) in [5.74, 6) is 0.0633. The van der Waals surface area contributed by atoms with Crippen molar-refractivity contribution in [3.8, 4) is 5.75 Å². The van der Waals surface area contributed by atoms with E-state index >= 15 is 0 Å². The van der Waals surface area contributed by atoms with E-state index in [2.05, 4.69) is 15.5 Å². The number of nitrogens with zero attached hydrogens (tertiary/aromatic N) is 2. The van der Waals surface area contributed by atoms with Crippen LogP contribution in [0.2, 0.25) is 0 Å². The highest BCUT2D eigenvalue weighted by molar-refractivity contribution is 8.13. The number of benzene rings is 2. The molecule has 6 heteroatoms. The number of thioether (sulfide) groups is 1. The molecular formula is C19H19N3O2S. The van der Waals surface area contributed by atoms with Crippen molar-refractivity contribution in [3.63, 3.8) is 0 Å². The van der Waals surface area contributed by atoms with E-state index in [0.717, 1.165) is 0 Å². The normalized spacial score (nSPS) is 12.4. The first-order valence-electron chi connectivity index (χ1n) is 7.57. The van der Waals surface area contributed by atoms with Crippen molar-refractivity contribution in [1.29, 1.82) is 0 Å². The van der Waals surface area contributed by atoms with Gasteiger partial charge in [0, 0.05) is 29.1 Å². The fraction of sp³-hybridized carbons (Fsp3) is 0.105. The molecule has 0 aliphatic rings. The maximum atomic E-state index is 12.1. The van der Waals surface area contributed by atoms with Crippen molar-refractivity contribution < 1.29 is 9.90 Å². The molecule has 2 aromatic rings. The van der Waals surface area contributed by atoms with Crippen molar-refractivity contribution in [1.82, 2.24) is 5.43 Å². The zero-order valence-electron chi connectivity index (χ0n) is 14.0. The number of hydrogen-bond donors (Lipinski definition) is 2. The molecule has 0 fully saturated rings. The van der Waals surface area contributed by atoms with E-state index in [0.29, 0.717) is 22.0 Å². The van der Waals surface area contributed by atoms with Crippen molar-refractivity contribution in [2.75, 3.05) is 6.26 Å². The Morgan fingerprint density at radius 1 is 1.12 bits per heavy atom. The summed E-state index contributed by atoms with van der Waals surface area (Å²) in [6, 6.07) is 15.9. The third-order valence-electron chi connectivity index (χ3n) is 3.17. The van der Waals surface area contributed by atoms with Crippen molar-refractivity contribution >= 4 is 28.9 Å². The molecular weight excluding hydrogens is 334 g/mol. The number of para-hydroxylation sites is 1. The number of aromatic hydroxyl groups is 1. The molecule has 0 saturated carbocycles. The lowest BCUT2D eigenvalue weighted by Crippen LogP contribution is -2.07. The Hall–Kier alpha value is -2.86. The van der Waals surface area contributed by atoms with Crippen molar-refractivity contribution in [2.24, 2.45) is 10.1 Å². The molecule has 0 amide bonds. The van der Waals surface area contributed by atoms with Crippen LogP contribution in [0.25, 0.3) is 0 Å². The van der Waals surface area contributed by atoms with Crippen LogP contribution in [0, 0.1) is 0 Å². The van der Waals surface area contributed by atoms with Crippen LogP contribution in [0.15, 0.2) is 76.5 Å². The van der Waals surface area contributed by atoms with E-state index in [1.165, 1.54) is 17.8 Å². The first kappa shape index (κ1) is 18.5. The van der Waals surface area contributed by atoms with Gasteiger partial charge in [0.05, 0.1) is 0 Å². The van der Waals surface area contributed by atoms with E-state index < -0.39 is 0 Å². The summed E-state index contributed by atoms with van der Waals surface area (Å²) in [6.07, 6.45) is 4.88. The van der Waals surface area contributed by atoms with Gasteiger partial charge in [0.25, 0.3) is 0 Å². The fourth-order valence-electron chi connectivity index (χ4n) is 1.90. The van der Waals surface area contributed by atoms with Gasteiger partial charge < -0.3 is 5.11 Å². The lowest BCUT2D eigenvalue weighted by atomic mass is 10.1. The number of hydrazone groups is 1. The monoisotopic (exact) mass is 353 g/mol. The predicted molar refractivity (Wildman–Crippen MR) is 104 cm³/mol. The fourth-order valence-corrected chi connectivity index (χ4v) is 2.19. The van der Waals surface area contributed by atoms with Gasteiger partial charge in [-0.15, -0.1) is 5.10 Å². The first-order valence-corrected chi connectivity index (χ1v) is 8.80. The number of carbonyl (C=O) groups is 1. The van der Waals surface area contributed by atoms with Gasteiger partial charge in [0.2, 0.25) is 5.17 Å². The number of phenolic OH excluding ortho intramolecular Hbond substituents is 1. The molecule has 0 bridgehead atoms. The number of carbonyl (C=O) groups excluding carboxylic acids is 1. The van der Waals surface area contributed by atoms with Gasteiger partial charge in [-0.05, 0) is 25.3 Å². The Bertz CT molecular complexity index is 814. The standard InChI is InChI=1S/C19H19N3O2S/c1-14(12-18(24)15-8-4-3-5-9-15)21-22-19(25-2)20-13-16-10-6-7-11-17(16)23/h3-13,21,23H,1-2H3/b14-12?,20-13+,22-19+. The average molecular weight is 353 g/mol. The minimum atomic E-state index is -0.0933. The number of ketones is 1. The van der Waals surface area contributed by atoms with Crippen LogP contribution < -0.4 is 5.43 Å². The van der Waals surface area contributed by atoms with Crippen molar-refractivity contribution in [2.45, 2.75) is 6.92 Å². The minimum Gasteiger partial charge on any atom is -0.507 e. The minimum absolute atomic E-state index is 0.0933. The van der Waals surface area contributed by atoms with Crippen LogP contribution in [0.1, 0.15) is 22.8 Å². The summed E-state index contributed by atoms with van der Waals surface area (Å²) in [5, 5.41) is 14.4. The smallest absolute Gasteiger partial charge is 0.206 e. The average Bonchev–Trinajstić information content (AvgIpc) is 2.64. The van der Waals surface area contributed by atoms with E-state index in [-0.39, 0.29) is 11.5 Å². The van der Waals surface area contributed by atoms with Crippen LogP contribution in [0.4, 0.5) is 0 Å². The number of nitrogens with one attached hydrogen (secondary N) is 1. The summed E-state index contributed by atoms with van der Waals surface area (Å²) in [5.41, 5.74) is 4.65. The van der Waals surface area contributed by atoms with Crippen LogP contribution in [0.3, 0.4) is 0 Å². The first-order chi connectivity index (χ1) is 12.1. The summed E-state index contributed by atoms with van der Waals surface area (Å²) in [4.78, 5) is 16.3. The molecule has 128 valence electrons. The molecule has 25 heavy (non-hydrogen) atoms. The van der Waals surface area contributed by atoms with Gasteiger partial charge >= 0.3 is 0 Å². The van der Waals surface area contributed by atoms with Gasteiger partial charge in [-0.25, -0.2) is 4.99 Å². The number of amidine groups is 1. The second kappa shape index (κ2) is 9.44. The van der Waals surface area contributed by atoms with Gasteiger partial charge in [0.15, 0.2) is 5.78 Å². The maximum Gasteiger partial charge on any atom is 0.206 e. The molecule has 0 saturated heterocycles. The third kappa shape index (κ3) is 5.93. The molecule has 0 aliphatic carbocycles. The highest BCUT2D eigenvalue weighted by Gasteiger charge is 2.02. The van der Waals surface area contributed by atoms with E-state index in [1.807, 2.05) is 30.5 Å². The highest BCUT2D eigenvalue weighted by atomic mass is 32.2. The Morgan fingerprint density at radius 2 is 1.80 bits per heavy atom. The Morgan fingerprint density at radius 3 is 2.48 bits per heavy atom. The second-order valence-electron chi connectivity index (χ2n) is 5.08. The molecule has 0 unspecified atom stereocenters. The molecule has 0 spiro atoms. The molecule has 5 nitrogen and oxygen atoms in total. The molecule has 0 atom stereocenters. The number of hydrogen-bond acceptors (Lipinski definition) is 5. The third-order valence-corrected chi connectivity index (χ3v) is 3.73. The number of phenols is 1. The topological polar surface area (TPSA) is 74.1 Å². The van der Waals surface area contributed by atoms with Gasteiger partial charge in [-0.1, -0.05) is 54.2 Å². The molecule has 2 aromatic carbocycles. The van der Waals surface area contributed by atoms with Crippen LogP contribution >= 0.6 is 11.8 Å². The Balaban J connectivity index is 2.03. The van der Waals surface area contributed by atoms with Gasteiger partial charge in [-0.3, -0.25) is 10.2 Å². The summed E-state index contributed by atoms with van der Waals surface area (Å²) < 4.78 is 0. The summed E-state index contributed by atoms with van der Waals surface area (Å²) >= 11 is 1.35. The molecule has 0 heterocycles. The number of allylic oxidation sites excluding steroid dienone is 2. The lowest BCUT2D eigenvalue weighted by molar-refractivity contribution is 0.104. The SMILES string of the molecule is CSC(/N=C/c1ccccc1O)=N/NC(C)=CC(=O)c1ccccc1. The molecule has 0 aliphatic heterocycles. The van der Waals surface area contributed by atoms with E-state index in [1.54, 1.807) is 43.5 Å². The largest absolute Gasteiger partial charge is 0.507 e. The number of rotatable bonds is 5. The summed E-state index contributed by atoms with van der Waals surface area (Å²) in [6.45, 7) is 1.76. The highest BCUT2D eigenvalue weighted by Crippen LogP contribution is 2.13. The van der Waals surface area contributed by atoms with Crippen LogP contribution in [-0.4, -0.2) is 28.5 Å². The zero-order chi connectivity index (χ0) is 18.1. The Labute approximate surface area is 151 Å². The van der Waals surface area contributed by atoms with E-state index in [4.69, 9.17) is 0 Å². The van der Waals surface area contributed by atoms with Crippen LogP contribution in [-0.2, 0) is 0 Å². The van der Waals surface area contributed by atoms with E-state index in [9.17, 15) is 9.90 Å². The predicted octanol–water partition coefficient (Wildman–Crippen LogP) is 3.82. The van der Waals surface area contributed by atoms with Crippen LogP contribution in [0.5, 0.6) is 5.75 Å².